The lowest BCUT2D eigenvalue weighted by Crippen LogP contribution is -2.32. The third-order valence-electron chi connectivity index (χ3n) is 6.52. The molecule has 178 valence electrons. The van der Waals surface area contributed by atoms with Gasteiger partial charge in [0.05, 0.1) is 21.6 Å². The number of imide groups is 1. The Bertz CT molecular complexity index is 1560. The van der Waals surface area contributed by atoms with Gasteiger partial charge in [0.15, 0.2) is 0 Å². The van der Waals surface area contributed by atoms with E-state index in [1.54, 1.807) is 0 Å². The number of amides is 2. The van der Waals surface area contributed by atoms with Gasteiger partial charge >= 0.3 is 4.87 Å². The fraction of sp³-hybridized carbons (Fsp3) is 0.115. The van der Waals surface area contributed by atoms with Crippen LogP contribution in [0.15, 0.2) is 88.7 Å². The number of nitrogens with zero attached hydrogens (tertiary/aromatic N) is 2. The van der Waals surface area contributed by atoms with Gasteiger partial charge in [-0.25, -0.2) is 4.90 Å². The first-order chi connectivity index (χ1) is 17.4. The Hall–Kier alpha value is -4.02. The van der Waals surface area contributed by atoms with E-state index in [-0.39, 0.29) is 16.5 Å². The molecule has 2 unspecified atom stereocenters. The number of benzene rings is 3. The van der Waals surface area contributed by atoms with Gasteiger partial charge in [-0.05, 0) is 28.8 Å². The van der Waals surface area contributed by atoms with E-state index in [2.05, 4.69) is 4.98 Å². The highest BCUT2D eigenvalue weighted by atomic mass is 32.2. The van der Waals surface area contributed by atoms with Crippen LogP contribution in [0.5, 0.6) is 0 Å². The molecule has 2 aliphatic rings. The fourth-order valence-electron chi connectivity index (χ4n) is 4.87. The van der Waals surface area contributed by atoms with Crippen molar-refractivity contribution in [2.24, 2.45) is 5.92 Å². The SMILES string of the molecule is O=C1C2Sc3[nH]c(=O)sc3[C@H](c3ccc(-c4ccccc4)cc3)C2C(=O)N1c1ccc([N+](=O)[O-])cc1. The fourth-order valence-corrected chi connectivity index (χ4v) is 7.38. The summed E-state index contributed by atoms with van der Waals surface area (Å²) in [6, 6.07) is 23.1. The van der Waals surface area contributed by atoms with Crippen LogP contribution in [-0.2, 0) is 9.59 Å². The molecule has 3 heterocycles. The average molecular weight is 516 g/mol. The van der Waals surface area contributed by atoms with Crippen LogP contribution in [0.1, 0.15) is 16.4 Å². The molecule has 36 heavy (non-hydrogen) atoms. The lowest BCUT2D eigenvalue weighted by Gasteiger charge is -2.29. The summed E-state index contributed by atoms with van der Waals surface area (Å²) in [6.07, 6.45) is 0. The van der Waals surface area contributed by atoms with Crippen molar-refractivity contribution in [1.82, 2.24) is 4.98 Å². The number of hydrogen-bond donors (Lipinski definition) is 1. The highest BCUT2D eigenvalue weighted by Crippen LogP contribution is 2.53. The largest absolute Gasteiger partial charge is 0.307 e. The van der Waals surface area contributed by atoms with Gasteiger partial charge in [0.2, 0.25) is 11.8 Å². The van der Waals surface area contributed by atoms with E-state index in [1.165, 1.54) is 36.0 Å². The van der Waals surface area contributed by atoms with Crippen LogP contribution in [0, 0.1) is 16.0 Å². The third kappa shape index (κ3) is 3.57. The summed E-state index contributed by atoms with van der Waals surface area (Å²) in [5.74, 6) is -1.96. The predicted molar refractivity (Wildman–Crippen MR) is 137 cm³/mol. The zero-order chi connectivity index (χ0) is 25.0. The number of hydrogen-bond acceptors (Lipinski definition) is 7. The quantitative estimate of drug-likeness (QED) is 0.237. The molecule has 4 aromatic rings. The number of nitro benzene ring substituents is 1. The lowest BCUT2D eigenvalue weighted by atomic mass is 9.82. The number of non-ortho nitro benzene ring substituents is 1. The summed E-state index contributed by atoms with van der Waals surface area (Å²) in [4.78, 5) is 54.4. The van der Waals surface area contributed by atoms with Crippen molar-refractivity contribution >= 4 is 46.3 Å². The number of aromatic amines is 1. The first-order valence-electron chi connectivity index (χ1n) is 11.1. The van der Waals surface area contributed by atoms with E-state index in [0.717, 1.165) is 37.8 Å². The number of carbonyl (C=O) groups excluding carboxylic acids is 2. The van der Waals surface area contributed by atoms with Crippen LogP contribution in [0.2, 0.25) is 0 Å². The minimum atomic E-state index is -0.718. The van der Waals surface area contributed by atoms with Crippen molar-refractivity contribution in [3.8, 4) is 11.1 Å². The molecule has 6 rings (SSSR count). The Morgan fingerprint density at radius 3 is 2.17 bits per heavy atom. The van der Waals surface area contributed by atoms with Crippen molar-refractivity contribution in [2.75, 3.05) is 4.90 Å². The van der Waals surface area contributed by atoms with Gasteiger partial charge in [-0.15, -0.1) is 0 Å². The Morgan fingerprint density at radius 1 is 0.833 bits per heavy atom. The predicted octanol–water partition coefficient (Wildman–Crippen LogP) is 4.81. The molecule has 2 amide bonds. The van der Waals surface area contributed by atoms with Crippen molar-refractivity contribution < 1.29 is 14.5 Å². The minimum Gasteiger partial charge on any atom is -0.307 e. The van der Waals surface area contributed by atoms with Crippen LogP contribution in [0.4, 0.5) is 11.4 Å². The molecule has 0 bridgehead atoms. The first-order valence-corrected chi connectivity index (χ1v) is 12.8. The molecular formula is C26H17N3O5S2. The number of thioether (sulfide) groups is 1. The number of carbonyl (C=O) groups is 2. The monoisotopic (exact) mass is 515 g/mol. The molecule has 1 saturated heterocycles. The number of aromatic nitrogens is 1. The molecule has 1 aromatic heterocycles. The highest BCUT2D eigenvalue weighted by Gasteiger charge is 2.56. The lowest BCUT2D eigenvalue weighted by molar-refractivity contribution is -0.384. The zero-order valence-electron chi connectivity index (χ0n) is 18.5. The third-order valence-corrected chi connectivity index (χ3v) is 8.92. The summed E-state index contributed by atoms with van der Waals surface area (Å²) in [5.41, 5.74) is 3.09. The van der Waals surface area contributed by atoms with Gasteiger partial charge < -0.3 is 4.98 Å². The summed E-state index contributed by atoms with van der Waals surface area (Å²) in [7, 11) is 0. The van der Waals surface area contributed by atoms with Crippen molar-refractivity contribution in [3.05, 3.63) is 109 Å². The second-order valence-corrected chi connectivity index (χ2v) is 10.7. The van der Waals surface area contributed by atoms with Crippen molar-refractivity contribution in [1.29, 1.82) is 0 Å². The molecule has 0 saturated carbocycles. The number of rotatable bonds is 4. The van der Waals surface area contributed by atoms with Gasteiger partial charge in [-0.2, -0.15) is 0 Å². The minimum absolute atomic E-state index is 0.124. The number of nitrogens with one attached hydrogen (secondary N) is 1. The number of fused-ring (bicyclic) bond motifs is 2. The Balaban J connectivity index is 1.41. The smallest absolute Gasteiger partial charge is 0.305 e. The van der Waals surface area contributed by atoms with E-state index < -0.39 is 27.9 Å². The maximum Gasteiger partial charge on any atom is 0.305 e. The van der Waals surface area contributed by atoms with Gasteiger partial charge in [0, 0.05) is 22.9 Å². The first kappa shape index (κ1) is 22.4. The molecule has 0 radical (unpaired) electrons. The van der Waals surface area contributed by atoms with Crippen molar-refractivity contribution in [2.45, 2.75) is 16.2 Å². The number of thiazole rings is 1. The van der Waals surface area contributed by atoms with Gasteiger partial charge in [0.1, 0.15) is 5.25 Å². The van der Waals surface area contributed by atoms with E-state index in [0.29, 0.717) is 10.7 Å². The van der Waals surface area contributed by atoms with E-state index >= 15 is 0 Å². The second kappa shape index (κ2) is 8.58. The molecule has 0 aliphatic carbocycles. The van der Waals surface area contributed by atoms with Crippen molar-refractivity contribution in [3.63, 3.8) is 0 Å². The maximum atomic E-state index is 13.7. The number of H-pyrrole nitrogens is 1. The molecule has 10 heteroatoms. The van der Waals surface area contributed by atoms with Crippen LogP contribution >= 0.6 is 23.1 Å². The van der Waals surface area contributed by atoms with Crippen LogP contribution < -0.4 is 9.77 Å². The van der Waals surface area contributed by atoms with Gasteiger partial charge in [-0.3, -0.25) is 24.5 Å². The second-order valence-electron chi connectivity index (χ2n) is 8.52. The molecule has 1 fully saturated rings. The van der Waals surface area contributed by atoms with E-state index in [1.807, 2.05) is 54.6 Å². The molecule has 8 nitrogen and oxygen atoms in total. The number of nitro groups is 1. The number of anilines is 1. The molecule has 2 aliphatic heterocycles. The van der Waals surface area contributed by atoms with Gasteiger partial charge in [-0.1, -0.05) is 77.7 Å². The summed E-state index contributed by atoms with van der Waals surface area (Å²) >= 11 is 2.26. The Morgan fingerprint density at radius 2 is 1.50 bits per heavy atom. The summed E-state index contributed by atoms with van der Waals surface area (Å²) < 4.78 is 0. The molecule has 3 atom stereocenters. The summed E-state index contributed by atoms with van der Waals surface area (Å²) in [6.45, 7) is 0. The molecular weight excluding hydrogens is 498 g/mol. The topological polar surface area (TPSA) is 113 Å². The zero-order valence-corrected chi connectivity index (χ0v) is 20.1. The van der Waals surface area contributed by atoms with Gasteiger partial charge in [0.25, 0.3) is 5.69 Å². The Labute approximate surface area is 212 Å². The maximum absolute atomic E-state index is 13.7. The molecule has 3 aromatic carbocycles. The highest BCUT2D eigenvalue weighted by molar-refractivity contribution is 8.00. The standard InChI is InChI=1S/C26H17N3O5S2/c30-24-20-19(16-8-6-15(7-9-16)14-4-2-1-3-5-14)21-23(27-26(32)36-21)35-22(20)25(31)28(24)17-10-12-18(13-11-17)29(33)34/h1-13,19-20,22H,(H,27,32)/t19-,20?,22?/m1/s1. The van der Waals surface area contributed by atoms with Crippen LogP contribution in [0.25, 0.3) is 11.1 Å². The van der Waals surface area contributed by atoms with Crippen LogP contribution in [-0.4, -0.2) is 27.0 Å². The molecule has 1 N–H and O–H groups in total. The summed E-state index contributed by atoms with van der Waals surface area (Å²) in [5, 5.41) is 10.9. The average Bonchev–Trinajstić information content (AvgIpc) is 3.39. The normalized spacial score (nSPS) is 20.8. The van der Waals surface area contributed by atoms with E-state index in [4.69, 9.17) is 0 Å². The Kier molecular flexibility index (Phi) is 5.35. The van der Waals surface area contributed by atoms with E-state index in [9.17, 15) is 24.5 Å². The van der Waals surface area contributed by atoms with Crippen LogP contribution in [0.3, 0.4) is 0 Å². The molecule has 0 spiro atoms.